The smallest absolute Gasteiger partial charge is 0.324 e. The normalized spacial score (nSPS) is 17.6. The van der Waals surface area contributed by atoms with Gasteiger partial charge in [0, 0.05) is 25.3 Å². The highest BCUT2D eigenvalue weighted by Gasteiger charge is 2.24. The standard InChI is InChI=1S/C29H39N5O3Si/c1-23-6-10-25(11-7-23)34-27(22-28(32-34)38(2)20-4-3-5-21-38)31-29(35)30-24-8-12-26(13-9-24)37-19-16-33-14-17-36-18-15-33/h6-13,22H,3-5,14-21H2,1-2H3,(H2,30,31,35)/q-1. The molecule has 2 fully saturated rings. The van der Waals surface area contributed by atoms with Gasteiger partial charge in [-0.3, -0.25) is 10.2 Å². The van der Waals surface area contributed by atoms with E-state index in [1.54, 1.807) is 0 Å². The van der Waals surface area contributed by atoms with E-state index in [2.05, 4.69) is 59.3 Å². The number of benzene rings is 2. The van der Waals surface area contributed by atoms with Gasteiger partial charge in [0.15, 0.2) is 0 Å². The summed E-state index contributed by atoms with van der Waals surface area (Å²) in [5, 5.41) is 12.2. The molecule has 9 heteroatoms. The van der Waals surface area contributed by atoms with E-state index in [0.717, 1.165) is 44.3 Å². The predicted molar refractivity (Wildman–Crippen MR) is 155 cm³/mol. The summed E-state index contributed by atoms with van der Waals surface area (Å²) in [7, 11) is -1.65. The van der Waals surface area contributed by atoms with Gasteiger partial charge >= 0.3 is 6.03 Å². The minimum Gasteiger partial charge on any atom is -0.492 e. The second-order valence-electron chi connectivity index (χ2n) is 10.7. The lowest BCUT2D eigenvalue weighted by molar-refractivity contribution is 0.0322. The summed E-state index contributed by atoms with van der Waals surface area (Å²) in [5.41, 5.74) is 2.85. The van der Waals surface area contributed by atoms with Gasteiger partial charge in [0.25, 0.3) is 0 Å². The van der Waals surface area contributed by atoms with Crippen molar-refractivity contribution in [1.29, 1.82) is 0 Å². The fourth-order valence-electron chi connectivity index (χ4n) is 5.27. The van der Waals surface area contributed by atoms with Gasteiger partial charge in [0.05, 0.1) is 18.9 Å². The highest BCUT2D eigenvalue weighted by atomic mass is 28.3. The summed E-state index contributed by atoms with van der Waals surface area (Å²) < 4.78 is 13.2. The van der Waals surface area contributed by atoms with E-state index in [9.17, 15) is 4.79 Å². The maximum absolute atomic E-state index is 13.0. The number of aromatic nitrogens is 2. The Bertz CT molecular complexity index is 1200. The molecule has 2 amide bonds. The SMILES string of the molecule is Cc1ccc(-n2nc([Si-]3(C)CCCCC3)cc2NC(=O)Nc2ccc(OCCN3CCOCC3)cc2)cc1. The molecular formula is C29H39N5O3Si-. The first-order valence-electron chi connectivity index (χ1n) is 13.8. The van der Waals surface area contributed by atoms with Crippen LogP contribution >= 0.6 is 0 Å². The van der Waals surface area contributed by atoms with Crippen LogP contribution in [-0.2, 0) is 4.74 Å². The summed E-state index contributed by atoms with van der Waals surface area (Å²) in [6, 6.07) is 20.1. The quantitative estimate of drug-likeness (QED) is 0.398. The van der Waals surface area contributed by atoms with Gasteiger partial charge in [-0.15, -0.1) is 0 Å². The van der Waals surface area contributed by atoms with E-state index >= 15 is 0 Å². The number of carbonyl (C=O) groups is 1. The van der Waals surface area contributed by atoms with Crippen LogP contribution < -0.4 is 20.7 Å². The van der Waals surface area contributed by atoms with Gasteiger partial charge in [-0.1, -0.05) is 50.3 Å². The van der Waals surface area contributed by atoms with E-state index in [1.165, 1.54) is 42.2 Å². The molecule has 3 aromatic rings. The molecule has 2 aromatic carbocycles. The number of carbonyl (C=O) groups excluding carboxylic acids is 1. The van der Waals surface area contributed by atoms with Crippen molar-refractivity contribution >= 4 is 30.9 Å². The first-order valence-corrected chi connectivity index (χ1v) is 16.7. The van der Waals surface area contributed by atoms with E-state index < -0.39 is 8.07 Å². The van der Waals surface area contributed by atoms with Crippen molar-refractivity contribution in [2.75, 3.05) is 50.1 Å². The van der Waals surface area contributed by atoms with Crippen molar-refractivity contribution in [2.24, 2.45) is 0 Å². The second-order valence-corrected chi connectivity index (χ2v) is 15.3. The summed E-state index contributed by atoms with van der Waals surface area (Å²) >= 11 is 0. The zero-order chi connectivity index (χ0) is 26.4. The minimum atomic E-state index is -1.65. The topological polar surface area (TPSA) is 80.7 Å². The van der Waals surface area contributed by atoms with Crippen LogP contribution in [0.3, 0.4) is 0 Å². The average molecular weight is 534 g/mol. The summed E-state index contributed by atoms with van der Waals surface area (Å²) in [6.45, 7) is 9.49. The molecule has 2 aliphatic rings. The molecular weight excluding hydrogens is 494 g/mol. The zero-order valence-corrected chi connectivity index (χ0v) is 23.5. The van der Waals surface area contributed by atoms with Crippen molar-refractivity contribution in [1.82, 2.24) is 14.7 Å². The maximum atomic E-state index is 13.0. The van der Waals surface area contributed by atoms with Crippen molar-refractivity contribution in [3.05, 3.63) is 60.2 Å². The Balaban J connectivity index is 1.23. The number of anilines is 2. The van der Waals surface area contributed by atoms with Crippen LogP contribution in [0.4, 0.5) is 16.3 Å². The molecule has 2 saturated heterocycles. The summed E-state index contributed by atoms with van der Waals surface area (Å²) in [6.07, 6.45) is 3.86. The van der Waals surface area contributed by atoms with Gasteiger partial charge in [-0.25, -0.2) is 14.6 Å². The van der Waals surface area contributed by atoms with Crippen LogP contribution in [0.15, 0.2) is 54.6 Å². The Morgan fingerprint density at radius 3 is 2.42 bits per heavy atom. The highest BCUT2D eigenvalue weighted by molar-refractivity contribution is 6.90. The highest BCUT2D eigenvalue weighted by Crippen LogP contribution is 2.29. The predicted octanol–water partition coefficient (Wildman–Crippen LogP) is 5.01. The number of nitrogens with one attached hydrogen (secondary N) is 2. The van der Waals surface area contributed by atoms with Gasteiger partial charge in [-0.2, -0.15) is 18.6 Å². The molecule has 2 aliphatic heterocycles. The second kappa shape index (κ2) is 12.1. The third kappa shape index (κ3) is 6.64. The first kappa shape index (κ1) is 26.5. The van der Waals surface area contributed by atoms with E-state index in [-0.39, 0.29) is 6.03 Å². The lowest BCUT2D eigenvalue weighted by atomic mass is 10.2. The lowest BCUT2D eigenvalue weighted by Crippen LogP contribution is -2.47. The van der Waals surface area contributed by atoms with Gasteiger partial charge in [0.2, 0.25) is 0 Å². The van der Waals surface area contributed by atoms with Crippen molar-refractivity contribution in [2.45, 2.75) is 44.8 Å². The molecule has 8 nitrogen and oxygen atoms in total. The minimum absolute atomic E-state index is 0.290. The Kier molecular flexibility index (Phi) is 8.46. The molecule has 5 rings (SSSR count). The number of hydrogen-bond donors (Lipinski definition) is 2. The van der Waals surface area contributed by atoms with Crippen molar-refractivity contribution < 1.29 is 14.3 Å². The van der Waals surface area contributed by atoms with E-state index in [0.29, 0.717) is 18.1 Å². The largest absolute Gasteiger partial charge is 0.492 e. The van der Waals surface area contributed by atoms with Gasteiger partial charge in [0.1, 0.15) is 18.2 Å². The molecule has 0 atom stereocenters. The maximum Gasteiger partial charge on any atom is 0.324 e. The number of ether oxygens (including phenoxy) is 2. The number of urea groups is 1. The van der Waals surface area contributed by atoms with Crippen LogP contribution in [0, 0.1) is 6.92 Å². The molecule has 0 aliphatic carbocycles. The first-order chi connectivity index (χ1) is 18.5. The summed E-state index contributed by atoms with van der Waals surface area (Å²) in [4.78, 5) is 15.4. The molecule has 3 heterocycles. The van der Waals surface area contributed by atoms with Crippen LogP contribution in [0.5, 0.6) is 5.75 Å². The molecule has 1 aromatic heterocycles. The van der Waals surface area contributed by atoms with E-state index in [4.69, 9.17) is 14.6 Å². The van der Waals surface area contributed by atoms with Gasteiger partial charge in [-0.05, 0) is 49.4 Å². The number of morpholine rings is 1. The molecule has 203 valence electrons. The van der Waals surface area contributed by atoms with Crippen molar-refractivity contribution in [3.8, 4) is 11.4 Å². The van der Waals surface area contributed by atoms with E-state index in [1.807, 2.05) is 28.9 Å². The number of hydrogen-bond acceptors (Lipinski definition) is 5. The molecule has 0 bridgehead atoms. The Morgan fingerprint density at radius 1 is 1.00 bits per heavy atom. The van der Waals surface area contributed by atoms with Crippen LogP contribution in [0.1, 0.15) is 24.8 Å². The number of aryl methyl sites for hydroxylation is 1. The third-order valence-corrected chi connectivity index (χ3v) is 12.1. The molecule has 0 saturated carbocycles. The Labute approximate surface area is 226 Å². The fraction of sp³-hybridized carbons (Fsp3) is 0.448. The van der Waals surface area contributed by atoms with Crippen LogP contribution in [0.25, 0.3) is 5.69 Å². The zero-order valence-electron chi connectivity index (χ0n) is 22.5. The van der Waals surface area contributed by atoms with Crippen LogP contribution in [0.2, 0.25) is 18.6 Å². The monoisotopic (exact) mass is 533 g/mol. The average Bonchev–Trinajstić information content (AvgIpc) is 3.35. The third-order valence-electron chi connectivity index (χ3n) is 7.70. The number of nitrogens with zero attached hydrogens (tertiary/aromatic N) is 3. The number of rotatable bonds is 8. The lowest BCUT2D eigenvalue weighted by Gasteiger charge is -2.40. The van der Waals surface area contributed by atoms with Crippen LogP contribution in [-0.4, -0.2) is 68.2 Å². The Hall–Kier alpha value is -3.14. The molecule has 0 spiro atoms. The Morgan fingerprint density at radius 2 is 1.71 bits per heavy atom. The fourth-order valence-corrected chi connectivity index (χ4v) is 8.92. The molecule has 0 radical (unpaired) electrons. The molecule has 38 heavy (non-hydrogen) atoms. The molecule has 0 unspecified atom stereocenters. The van der Waals surface area contributed by atoms with Crippen molar-refractivity contribution in [3.63, 3.8) is 0 Å². The van der Waals surface area contributed by atoms with Gasteiger partial charge < -0.3 is 14.8 Å². The molecule has 2 N–H and O–H groups in total. The summed E-state index contributed by atoms with van der Waals surface area (Å²) in [5.74, 6) is 1.49. The number of amides is 2.